The Morgan fingerprint density at radius 3 is 2.71 bits per heavy atom. The lowest BCUT2D eigenvalue weighted by Crippen LogP contribution is -2.26. The first-order chi connectivity index (χ1) is 9.93. The van der Waals surface area contributed by atoms with Crippen LogP contribution in [0.5, 0.6) is 0 Å². The van der Waals surface area contributed by atoms with Crippen molar-refractivity contribution < 1.29 is 4.79 Å². The average Bonchev–Trinajstić information content (AvgIpc) is 2.88. The van der Waals surface area contributed by atoms with Crippen LogP contribution in [-0.2, 0) is 0 Å². The molecule has 1 heterocycles. The Bertz CT molecular complexity index is 713. The SMILES string of the molecule is Cc1nc(C(C)C)sc1C(=O)N(C)c1cccc(C#N)c1. The lowest BCUT2D eigenvalue weighted by Gasteiger charge is -2.16. The predicted molar refractivity (Wildman–Crippen MR) is 84.8 cm³/mol. The van der Waals surface area contributed by atoms with E-state index in [2.05, 4.69) is 24.9 Å². The Hall–Kier alpha value is -2.19. The average molecular weight is 299 g/mol. The maximum atomic E-state index is 12.6. The van der Waals surface area contributed by atoms with E-state index in [-0.39, 0.29) is 5.91 Å². The molecule has 0 radical (unpaired) electrons. The Morgan fingerprint density at radius 1 is 1.43 bits per heavy atom. The number of nitrogens with zero attached hydrogens (tertiary/aromatic N) is 3. The van der Waals surface area contributed by atoms with Crippen LogP contribution in [0.3, 0.4) is 0 Å². The van der Waals surface area contributed by atoms with Gasteiger partial charge in [0.1, 0.15) is 4.88 Å². The van der Waals surface area contributed by atoms with Crippen molar-refractivity contribution in [3.8, 4) is 6.07 Å². The van der Waals surface area contributed by atoms with Gasteiger partial charge in [0.2, 0.25) is 0 Å². The van der Waals surface area contributed by atoms with E-state index in [1.165, 1.54) is 11.3 Å². The zero-order valence-electron chi connectivity index (χ0n) is 12.5. The van der Waals surface area contributed by atoms with Gasteiger partial charge in [-0.3, -0.25) is 4.79 Å². The smallest absolute Gasteiger partial charge is 0.270 e. The molecule has 0 saturated carbocycles. The summed E-state index contributed by atoms with van der Waals surface area (Å²) in [6.07, 6.45) is 0. The number of anilines is 1. The van der Waals surface area contributed by atoms with Gasteiger partial charge in [-0.25, -0.2) is 4.98 Å². The van der Waals surface area contributed by atoms with Crippen LogP contribution in [0.1, 0.15) is 45.7 Å². The Balaban J connectivity index is 2.33. The van der Waals surface area contributed by atoms with Gasteiger partial charge in [0.05, 0.1) is 22.3 Å². The van der Waals surface area contributed by atoms with Crippen LogP contribution in [0.15, 0.2) is 24.3 Å². The molecule has 0 fully saturated rings. The van der Waals surface area contributed by atoms with Crippen LogP contribution in [0.25, 0.3) is 0 Å². The van der Waals surface area contributed by atoms with E-state index in [4.69, 9.17) is 5.26 Å². The molecule has 4 nitrogen and oxygen atoms in total. The van der Waals surface area contributed by atoms with Gasteiger partial charge < -0.3 is 4.90 Å². The van der Waals surface area contributed by atoms with Crippen molar-refractivity contribution in [3.05, 3.63) is 45.4 Å². The summed E-state index contributed by atoms with van der Waals surface area (Å²) in [4.78, 5) is 19.3. The highest BCUT2D eigenvalue weighted by molar-refractivity contribution is 7.14. The number of amides is 1. The molecule has 108 valence electrons. The second-order valence-corrected chi connectivity index (χ2v) is 6.18. The number of aryl methyl sites for hydroxylation is 1. The van der Waals surface area contributed by atoms with Gasteiger partial charge in [-0.15, -0.1) is 11.3 Å². The molecule has 1 aromatic heterocycles. The highest BCUT2D eigenvalue weighted by atomic mass is 32.1. The first kappa shape index (κ1) is 15.2. The van der Waals surface area contributed by atoms with Crippen molar-refractivity contribution in [3.63, 3.8) is 0 Å². The standard InChI is InChI=1S/C16H17N3OS/c1-10(2)15-18-11(3)14(21-15)16(20)19(4)13-7-5-6-12(8-13)9-17/h5-8,10H,1-4H3. The fourth-order valence-electron chi connectivity index (χ4n) is 1.92. The number of nitriles is 1. The monoisotopic (exact) mass is 299 g/mol. The Morgan fingerprint density at radius 2 is 2.14 bits per heavy atom. The molecule has 0 aliphatic rings. The summed E-state index contributed by atoms with van der Waals surface area (Å²) in [5, 5.41) is 9.91. The normalized spacial score (nSPS) is 10.5. The maximum absolute atomic E-state index is 12.6. The van der Waals surface area contributed by atoms with Crippen molar-refractivity contribution in [1.29, 1.82) is 5.26 Å². The van der Waals surface area contributed by atoms with E-state index < -0.39 is 0 Å². The van der Waals surface area contributed by atoms with Crippen molar-refractivity contribution in [2.75, 3.05) is 11.9 Å². The van der Waals surface area contributed by atoms with Crippen LogP contribution in [0.4, 0.5) is 5.69 Å². The van der Waals surface area contributed by atoms with Gasteiger partial charge in [0.15, 0.2) is 0 Å². The topological polar surface area (TPSA) is 57.0 Å². The van der Waals surface area contributed by atoms with Crippen molar-refractivity contribution in [2.45, 2.75) is 26.7 Å². The van der Waals surface area contributed by atoms with E-state index in [0.717, 1.165) is 10.7 Å². The van der Waals surface area contributed by atoms with E-state index >= 15 is 0 Å². The van der Waals surface area contributed by atoms with Crippen molar-refractivity contribution >= 4 is 22.9 Å². The first-order valence-corrected chi connectivity index (χ1v) is 7.51. The molecule has 0 spiro atoms. The molecule has 0 saturated heterocycles. The van der Waals surface area contributed by atoms with Crippen molar-refractivity contribution in [1.82, 2.24) is 4.98 Å². The highest BCUT2D eigenvalue weighted by Gasteiger charge is 2.21. The molecule has 5 heteroatoms. The fourth-order valence-corrected chi connectivity index (χ4v) is 2.96. The summed E-state index contributed by atoms with van der Waals surface area (Å²) in [5.74, 6) is 0.217. The van der Waals surface area contributed by atoms with Crippen LogP contribution >= 0.6 is 11.3 Å². The third-order valence-electron chi connectivity index (χ3n) is 3.17. The van der Waals surface area contributed by atoms with Gasteiger partial charge in [-0.1, -0.05) is 19.9 Å². The molecule has 0 aliphatic carbocycles. The quantitative estimate of drug-likeness (QED) is 0.867. The van der Waals surface area contributed by atoms with E-state index in [0.29, 0.717) is 22.0 Å². The minimum absolute atomic E-state index is 0.0908. The zero-order valence-corrected chi connectivity index (χ0v) is 13.4. The van der Waals surface area contributed by atoms with Crippen LogP contribution in [0, 0.1) is 18.3 Å². The molecular formula is C16H17N3OS. The minimum atomic E-state index is -0.0908. The number of rotatable bonds is 3. The lowest BCUT2D eigenvalue weighted by molar-refractivity contribution is 0.0996. The second-order valence-electron chi connectivity index (χ2n) is 5.15. The third-order valence-corrected chi connectivity index (χ3v) is 4.61. The highest BCUT2D eigenvalue weighted by Crippen LogP contribution is 2.27. The first-order valence-electron chi connectivity index (χ1n) is 6.69. The van der Waals surface area contributed by atoms with Crippen LogP contribution in [0.2, 0.25) is 0 Å². The maximum Gasteiger partial charge on any atom is 0.270 e. The molecule has 0 atom stereocenters. The minimum Gasteiger partial charge on any atom is -0.311 e. The Labute approximate surface area is 128 Å². The van der Waals surface area contributed by atoms with Gasteiger partial charge in [-0.2, -0.15) is 5.26 Å². The summed E-state index contributed by atoms with van der Waals surface area (Å²) in [6.45, 7) is 5.98. The number of aromatic nitrogens is 1. The molecule has 1 aromatic carbocycles. The van der Waals surface area contributed by atoms with Gasteiger partial charge >= 0.3 is 0 Å². The number of thiazole rings is 1. The number of carbonyl (C=O) groups excluding carboxylic acids is 1. The third kappa shape index (κ3) is 3.11. The number of hydrogen-bond acceptors (Lipinski definition) is 4. The summed E-state index contributed by atoms with van der Waals surface area (Å²) >= 11 is 1.44. The number of carbonyl (C=O) groups is 1. The van der Waals surface area contributed by atoms with E-state index in [1.54, 1.807) is 30.1 Å². The molecule has 21 heavy (non-hydrogen) atoms. The second kappa shape index (κ2) is 6.06. The molecule has 0 N–H and O–H groups in total. The molecule has 0 aliphatic heterocycles. The van der Waals surface area contributed by atoms with E-state index in [9.17, 15) is 4.79 Å². The summed E-state index contributed by atoms with van der Waals surface area (Å²) in [6, 6.07) is 9.10. The van der Waals surface area contributed by atoms with Crippen LogP contribution in [-0.4, -0.2) is 17.9 Å². The molecule has 0 unspecified atom stereocenters. The van der Waals surface area contributed by atoms with Crippen molar-refractivity contribution in [2.24, 2.45) is 0 Å². The molecule has 2 aromatic rings. The molecule has 0 bridgehead atoms. The fraction of sp³-hybridized carbons (Fsp3) is 0.312. The molecular weight excluding hydrogens is 282 g/mol. The predicted octanol–water partition coefficient (Wildman–Crippen LogP) is 3.72. The zero-order chi connectivity index (χ0) is 15.6. The number of hydrogen-bond donors (Lipinski definition) is 0. The summed E-state index contributed by atoms with van der Waals surface area (Å²) in [7, 11) is 1.72. The molecule has 1 amide bonds. The van der Waals surface area contributed by atoms with Gasteiger partial charge in [0.25, 0.3) is 5.91 Å². The van der Waals surface area contributed by atoms with Gasteiger partial charge in [0, 0.05) is 18.7 Å². The van der Waals surface area contributed by atoms with Crippen LogP contribution < -0.4 is 4.90 Å². The van der Waals surface area contributed by atoms with E-state index in [1.807, 2.05) is 13.0 Å². The number of benzene rings is 1. The lowest BCUT2D eigenvalue weighted by atomic mass is 10.2. The Kier molecular flexibility index (Phi) is 4.39. The summed E-state index contributed by atoms with van der Waals surface area (Å²) < 4.78 is 0. The largest absolute Gasteiger partial charge is 0.311 e. The summed E-state index contributed by atoms with van der Waals surface area (Å²) in [5.41, 5.74) is 2.01. The molecule has 2 rings (SSSR count). The van der Waals surface area contributed by atoms with Gasteiger partial charge in [-0.05, 0) is 25.1 Å².